The van der Waals surface area contributed by atoms with Crippen molar-refractivity contribution >= 4 is 23.9 Å². The van der Waals surface area contributed by atoms with Crippen LogP contribution in [0.25, 0.3) is 0 Å². The second kappa shape index (κ2) is 12.9. The molecule has 2 N–H and O–H groups in total. The van der Waals surface area contributed by atoms with E-state index in [0.29, 0.717) is 0 Å². The number of carbonyl (C=O) groups excluding carboxylic acids is 2. The number of carbonyl (C=O) groups is 4. The first-order valence-electron chi connectivity index (χ1n) is 4.59. The van der Waals surface area contributed by atoms with Gasteiger partial charge in [0, 0.05) is 17.9 Å². The maximum atomic E-state index is 10.6. The van der Waals surface area contributed by atoms with E-state index in [-0.39, 0.29) is 103 Å². The predicted molar refractivity (Wildman–Crippen MR) is 46.1 cm³/mol. The Morgan fingerprint density at radius 3 is 1.63 bits per heavy atom. The van der Waals surface area contributed by atoms with E-state index in [1.54, 1.807) is 0 Å². The average molecular weight is 324 g/mol. The molecule has 0 radical (unpaired) electrons. The van der Waals surface area contributed by atoms with Crippen LogP contribution in [0.2, 0.25) is 0 Å². The molecule has 0 aromatic carbocycles. The smallest absolute Gasteiger partial charge is 0.550 e. The zero-order chi connectivity index (χ0) is 13.6. The normalized spacial score (nSPS) is 12.2. The van der Waals surface area contributed by atoms with Crippen LogP contribution in [0.4, 0.5) is 0 Å². The van der Waals surface area contributed by atoms with Crippen molar-refractivity contribution in [1.82, 2.24) is 0 Å². The Morgan fingerprint density at radius 1 is 0.895 bits per heavy atom. The molecule has 0 aliphatic rings. The van der Waals surface area contributed by atoms with Gasteiger partial charge in [-0.2, -0.15) is 0 Å². The third-order valence-corrected chi connectivity index (χ3v) is 2.09. The molecular formula is C9H10K2O8. The van der Waals surface area contributed by atoms with Crippen molar-refractivity contribution in [3.8, 4) is 0 Å². The molecule has 0 saturated heterocycles. The zero-order valence-corrected chi connectivity index (χ0v) is 16.9. The Balaban J connectivity index is -0.00000128. The Morgan fingerprint density at radius 2 is 1.37 bits per heavy atom. The summed E-state index contributed by atoms with van der Waals surface area (Å²) in [6.07, 6.45) is -2.32. The van der Waals surface area contributed by atoms with Gasteiger partial charge >= 0.3 is 115 Å². The quantitative estimate of drug-likeness (QED) is 0.417. The first-order valence-corrected chi connectivity index (χ1v) is 4.59. The van der Waals surface area contributed by atoms with Crippen molar-refractivity contribution < 1.29 is 142 Å². The van der Waals surface area contributed by atoms with Gasteiger partial charge in [0.05, 0.1) is 12.3 Å². The zero-order valence-electron chi connectivity index (χ0n) is 10.6. The van der Waals surface area contributed by atoms with Gasteiger partial charge in [-0.15, -0.1) is 0 Å². The number of carboxylic acid groups (broad SMARTS) is 4. The number of rotatable bonds is 8. The van der Waals surface area contributed by atoms with Gasteiger partial charge in [0.2, 0.25) is 0 Å². The van der Waals surface area contributed by atoms with Crippen molar-refractivity contribution in [3.05, 3.63) is 0 Å². The molecule has 0 aromatic heterocycles. The molecule has 96 valence electrons. The molecule has 0 fully saturated rings. The molecule has 0 bridgehead atoms. The van der Waals surface area contributed by atoms with Crippen molar-refractivity contribution in [2.24, 2.45) is 11.8 Å². The summed E-state index contributed by atoms with van der Waals surface area (Å²) in [4.78, 5) is 41.7. The molecule has 0 aliphatic carbocycles. The average Bonchev–Trinajstić information content (AvgIpc) is 2.13. The van der Waals surface area contributed by atoms with Gasteiger partial charge in [0.25, 0.3) is 0 Å². The van der Waals surface area contributed by atoms with Gasteiger partial charge in [-0.3, -0.25) is 9.59 Å². The molecule has 0 saturated carbocycles. The largest absolute Gasteiger partial charge is 1.00 e. The molecule has 0 aromatic rings. The third kappa shape index (κ3) is 12.6. The molecule has 0 rings (SSSR count). The van der Waals surface area contributed by atoms with E-state index in [1.807, 2.05) is 0 Å². The summed E-state index contributed by atoms with van der Waals surface area (Å²) in [5.74, 6) is -9.39. The molecule has 0 heterocycles. The van der Waals surface area contributed by atoms with E-state index in [0.717, 1.165) is 0 Å². The topological polar surface area (TPSA) is 155 Å². The Kier molecular flexibility index (Phi) is 17.0. The van der Waals surface area contributed by atoms with Crippen LogP contribution in [0.5, 0.6) is 0 Å². The second-order valence-corrected chi connectivity index (χ2v) is 3.46. The maximum Gasteiger partial charge on any atom is 1.00 e. The van der Waals surface area contributed by atoms with Crippen LogP contribution in [0.1, 0.15) is 19.3 Å². The minimum absolute atomic E-state index is 0. The summed E-state index contributed by atoms with van der Waals surface area (Å²) in [5, 5.41) is 37.8. The van der Waals surface area contributed by atoms with Gasteiger partial charge in [-0.1, -0.05) is 0 Å². The molecule has 1 unspecified atom stereocenters. The third-order valence-electron chi connectivity index (χ3n) is 2.09. The summed E-state index contributed by atoms with van der Waals surface area (Å²) in [6, 6.07) is 0. The number of carboxylic acids is 4. The van der Waals surface area contributed by atoms with Gasteiger partial charge in [-0.25, -0.2) is 0 Å². The fraction of sp³-hybridized carbons (Fsp3) is 0.556. The van der Waals surface area contributed by atoms with E-state index in [1.165, 1.54) is 0 Å². The van der Waals surface area contributed by atoms with E-state index in [4.69, 9.17) is 10.2 Å². The summed E-state index contributed by atoms with van der Waals surface area (Å²) >= 11 is 0. The Bertz CT molecular complexity index is 311. The first kappa shape index (κ1) is 25.1. The van der Waals surface area contributed by atoms with Crippen molar-refractivity contribution in [2.75, 3.05) is 0 Å². The molecule has 0 spiro atoms. The fourth-order valence-electron chi connectivity index (χ4n) is 1.29. The van der Waals surface area contributed by atoms with Crippen LogP contribution in [-0.2, 0) is 19.2 Å². The monoisotopic (exact) mass is 324 g/mol. The van der Waals surface area contributed by atoms with Crippen LogP contribution in [0, 0.1) is 11.8 Å². The molecule has 10 heteroatoms. The number of aliphatic carboxylic acids is 4. The first-order chi connectivity index (χ1) is 7.73. The van der Waals surface area contributed by atoms with E-state index in [9.17, 15) is 29.4 Å². The van der Waals surface area contributed by atoms with E-state index >= 15 is 0 Å². The van der Waals surface area contributed by atoms with Crippen LogP contribution >= 0.6 is 0 Å². The summed E-state index contributed by atoms with van der Waals surface area (Å²) in [5.41, 5.74) is 0. The molecule has 19 heavy (non-hydrogen) atoms. The summed E-state index contributed by atoms with van der Waals surface area (Å²) in [7, 11) is 0. The van der Waals surface area contributed by atoms with Crippen LogP contribution < -0.4 is 113 Å². The minimum Gasteiger partial charge on any atom is -0.550 e. The SMILES string of the molecule is O=C([O-])C[C@@H](CC(CC(=O)O)C(=O)O)C(=O)[O-].[K+].[K+]. The van der Waals surface area contributed by atoms with Crippen LogP contribution in [-0.4, -0.2) is 34.1 Å². The van der Waals surface area contributed by atoms with Gasteiger partial charge in [0.1, 0.15) is 0 Å². The predicted octanol–water partition coefficient (Wildman–Crippen LogP) is -8.93. The van der Waals surface area contributed by atoms with Crippen molar-refractivity contribution in [2.45, 2.75) is 19.3 Å². The molecule has 8 nitrogen and oxygen atoms in total. The summed E-state index contributed by atoms with van der Waals surface area (Å²) < 4.78 is 0. The molecule has 0 amide bonds. The maximum absolute atomic E-state index is 10.6. The number of hydrogen-bond donors (Lipinski definition) is 2. The molecule has 2 atom stereocenters. The molecular weight excluding hydrogens is 314 g/mol. The van der Waals surface area contributed by atoms with Crippen molar-refractivity contribution in [1.29, 1.82) is 0 Å². The van der Waals surface area contributed by atoms with Crippen molar-refractivity contribution in [3.63, 3.8) is 0 Å². The standard InChI is InChI=1S/C9H12O8.2K/c10-6(11)2-4(8(14)15)1-5(9(16)17)3-7(12)13;;/h4-5H,1-3H2,(H,10,11)(H,12,13)(H,14,15)(H,16,17);;/q;2*+1/p-2/t4-,5?;;/m1../s1. The Labute approximate surface area is 193 Å². The second-order valence-electron chi connectivity index (χ2n) is 3.46. The van der Waals surface area contributed by atoms with Crippen LogP contribution in [0.3, 0.4) is 0 Å². The minimum atomic E-state index is -1.74. The Hall–Kier alpha value is 1.15. The van der Waals surface area contributed by atoms with Gasteiger partial charge < -0.3 is 30.0 Å². The molecule has 0 aliphatic heterocycles. The van der Waals surface area contributed by atoms with Gasteiger partial charge in [-0.05, 0) is 12.8 Å². The van der Waals surface area contributed by atoms with E-state index < -0.39 is 55.0 Å². The fourth-order valence-corrected chi connectivity index (χ4v) is 1.29. The number of hydrogen-bond acceptors (Lipinski definition) is 6. The van der Waals surface area contributed by atoms with Crippen LogP contribution in [0.15, 0.2) is 0 Å². The van der Waals surface area contributed by atoms with Gasteiger partial charge in [0.15, 0.2) is 0 Å². The van der Waals surface area contributed by atoms with E-state index in [2.05, 4.69) is 0 Å². The summed E-state index contributed by atoms with van der Waals surface area (Å²) in [6.45, 7) is 0.